The van der Waals surface area contributed by atoms with Crippen molar-refractivity contribution in [2.75, 3.05) is 7.11 Å². The second kappa shape index (κ2) is 4.93. The highest BCUT2D eigenvalue weighted by Crippen LogP contribution is 2.46. The summed E-state index contributed by atoms with van der Waals surface area (Å²) in [7, 11) is -1.56. The SMILES string of the molecule is B[C@@H]1O[C@H](CC)[C@H](OP(=O)(O)OC)C1F. The molecule has 2 unspecified atom stereocenters. The molecule has 15 heavy (non-hydrogen) atoms. The van der Waals surface area contributed by atoms with E-state index in [0.717, 1.165) is 7.11 Å². The summed E-state index contributed by atoms with van der Waals surface area (Å²) in [5.74, 6) is 0. The molecule has 0 aromatic heterocycles. The molecule has 0 saturated carbocycles. The molecule has 0 aliphatic carbocycles. The lowest BCUT2D eigenvalue weighted by Gasteiger charge is -2.20. The number of alkyl halides is 1. The van der Waals surface area contributed by atoms with Crippen molar-refractivity contribution < 1.29 is 27.6 Å². The number of rotatable bonds is 4. The highest BCUT2D eigenvalue weighted by atomic mass is 31.2. The smallest absolute Gasteiger partial charge is 0.378 e. The van der Waals surface area contributed by atoms with Gasteiger partial charge in [-0.25, -0.2) is 8.96 Å². The average Bonchev–Trinajstić information content (AvgIpc) is 2.45. The second-order valence-electron chi connectivity index (χ2n) is 3.45. The minimum atomic E-state index is -4.16. The molecule has 1 saturated heterocycles. The van der Waals surface area contributed by atoms with Crippen molar-refractivity contribution in [3.05, 3.63) is 0 Å². The highest BCUT2D eigenvalue weighted by Gasteiger charge is 2.46. The molecule has 0 aromatic carbocycles. The molecule has 0 amide bonds. The van der Waals surface area contributed by atoms with E-state index in [-0.39, 0.29) is 0 Å². The topological polar surface area (TPSA) is 65.0 Å². The van der Waals surface area contributed by atoms with E-state index < -0.39 is 32.2 Å². The van der Waals surface area contributed by atoms with Gasteiger partial charge in [-0.15, -0.1) is 0 Å². The van der Waals surface area contributed by atoms with Gasteiger partial charge in [0.2, 0.25) is 0 Å². The Morgan fingerprint density at radius 2 is 2.27 bits per heavy atom. The molecular formula is C7H15BFO5P. The van der Waals surface area contributed by atoms with Gasteiger partial charge >= 0.3 is 7.82 Å². The summed E-state index contributed by atoms with van der Waals surface area (Å²) in [6, 6.07) is -0.628. The monoisotopic (exact) mass is 240 g/mol. The maximum Gasteiger partial charge on any atom is 0.472 e. The van der Waals surface area contributed by atoms with Gasteiger partial charge in [-0.2, -0.15) is 0 Å². The van der Waals surface area contributed by atoms with Gasteiger partial charge in [-0.3, -0.25) is 9.05 Å². The summed E-state index contributed by atoms with van der Waals surface area (Å²) in [6.07, 6.45) is -2.45. The number of phosphoric ester groups is 1. The zero-order valence-electron chi connectivity index (χ0n) is 8.92. The van der Waals surface area contributed by atoms with Gasteiger partial charge in [0.25, 0.3) is 0 Å². The van der Waals surface area contributed by atoms with Crippen LogP contribution in [0.1, 0.15) is 13.3 Å². The molecule has 1 aliphatic heterocycles. The van der Waals surface area contributed by atoms with Crippen molar-refractivity contribution in [1.82, 2.24) is 0 Å². The Morgan fingerprint density at radius 1 is 1.67 bits per heavy atom. The van der Waals surface area contributed by atoms with E-state index in [1.807, 2.05) is 0 Å². The lowest BCUT2D eigenvalue weighted by molar-refractivity contribution is 0.0224. The maximum atomic E-state index is 13.5. The number of halogens is 1. The first-order chi connectivity index (χ1) is 6.91. The Morgan fingerprint density at radius 3 is 2.73 bits per heavy atom. The largest absolute Gasteiger partial charge is 0.472 e. The molecule has 0 bridgehead atoms. The number of hydrogen-bond acceptors (Lipinski definition) is 4. The summed E-state index contributed by atoms with van der Waals surface area (Å²) < 4.78 is 38.9. The first-order valence-electron chi connectivity index (χ1n) is 4.77. The average molecular weight is 240 g/mol. The van der Waals surface area contributed by atoms with Crippen LogP contribution in [0.3, 0.4) is 0 Å². The van der Waals surface area contributed by atoms with Crippen molar-refractivity contribution in [1.29, 1.82) is 0 Å². The summed E-state index contributed by atoms with van der Waals surface area (Å²) in [6.45, 7) is 1.79. The normalized spacial score (nSPS) is 40.3. The minimum Gasteiger partial charge on any atom is -0.378 e. The summed E-state index contributed by atoms with van der Waals surface area (Å²) in [4.78, 5) is 9.09. The van der Waals surface area contributed by atoms with Crippen molar-refractivity contribution in [2.24, 2.45) is 0 Å². The molecule has 1 N–H and O–H groups in total. The molecular weight excluding hydrogens is 225 g/mol. The third-order valence-corrected chi connectivity index (χ3v) is 3.38. The predicted molar refractivity (Wildman–Crippen MR) is 54.1 cm³/mol. The standard InChI is InChI=1S/C7H15BFO5P/c1-3-4-6(5(9)7(8)13-4)14-15(10,11)12-2/h4-7H,3,8H2,1-2H3,(H,10,11)/t4-,5?,6+,7-/m1/s1. The van der Waals surface area contributed by atoms with E-state index in [4.69, 9.17) is 14.2 Å². The Bertz CT molecular complexity index is 266. The third kappa shape index (κ3) is 3.01. The molecule has 1 heterocycles. The van der Waals surface area contributed by atoms with Crippen molar-refractivity contribution in [2.45, 2.75) is 37.7 Å². The predicted octanol–water partition coefficient (Wildman–Crippen LogP) is 0.224. The first-order valence-corrected chi connectivity index (χ1v) is 6.27. The fraction of sp³-hybridized carbons (Fsp3) is 1.00. The molecule has 88 valence electrons. The first kappa shape index (κ1) is 13.1. The van der Waals surface area contributed by atoms with Crippen LogP contribution in [0.25, 0.3) is 0 Å². The molecule has 8 heteroatoms. The van der Waals surface area contributed by atoms with Crippen LogP contribution < -0.4 is 0 Å². The van der Waals surface area contributed by atoms with Crippen molar-refractivity contribution >= 4 is 15.7 Å². The van der Waals surface area contributed by atoms with Crippen molar-refractivity contribution in [3.63, 3.8) is 0 Å². The third-order valence-electron chi connectivity index (χ3n) is 2.41. The number of hydrogen-bond donors (Lipinski definition) is 1. The lowest BCUT2D eigenvalue weighted by Crippen LogP contribution is -2.31. The van der Waals surface area contributed by atoms with Crippen LogP contribution in [0.2, 0.25) is 0 Å². The zero-order valence-corrected chi connectivity index (χ0v) is 9.82. The van der Waals surface area contributed by atoms with Gasteiger partial charge in [0.05, 0.1) is 12.1 Å². The Labute approximate surface area is 88.9 Å². The van der Waals surface area contributed by atoms with Crippen molar-refractivity contribution in [3.8, 4) is 0 Å². The quantitative estimate of drug-likeness (QED) is 0.562. The van der Waals surface area contributed by atoms with Crippen LogP contribution >= 0.6 is 7.82 Å². The number of phosphoric acid groups is 1. The van der Waals surface area contributed by atoms with Gasteiger partial charge < -0.3 is 9.63 Å². The molecule has 0 radical (unpaired) electrons. The van der Waals surface area contributed by atoms with E-state index in [1.165, 1.54) is 0 Å². The Kier molecular flexibility index (Phi) is 4.32. The van der Waals surface area contributed by atoms with Crippen LogP contribution in [-0.4, -0.2) is 44.2 Å². The molecule has 0 spiro atoms. The fourth-order valence-corrected chi connectivity index (χ4v) is 2.20. The Hall–Kier alpha value is 0.0649. The summed E-state index contributed by atoms with van der Waals surface area (Å²) in [5.41, 5.74) is 0. The molecule has 0 aromatic rings. The van der Waals surface area contributed by atoms with E-state index in [0.29, 0.717) is 6.42 Å². The number of ether oxygens (including phenoxy) is 1. The van der Waals surface area contributed by atoms with Gasteiger partial charge in [0, 0.05) is 7.11 Å². The van der Waals surface area contributed by atoms with E-state index >= 15 is 0 Å². The zero-order chi connectivity index (χ0) is 11.6. The van der Waals surface area contributed by atoms with Crippen LogP contribution in [0.15, 0.2) is 0 Å². The van der Waals surface area contributed by atoms with Gasteiger partial charge in [0.1, 0.15) is 20.1 Å². The van der Waals surface area contributed by atoms with E-state index in [2.05, 4.69) is 4.52 Å². The molecule has 1 rings (SSSR count). The van der Waals surface area contributed by atoms with Crippen LogP contribution in [-0.2, 0) is 18.3 Å². The molecule has 5 atom stereocenters. The Balaban J connectivity index is 2.70. The highest BCUT2D eigenvalue weighted by molar-refractivity contribution is 7.47. The van der Waals surface area contributed by atoms with Crippen LogP contribution in [0, 0.1) is 0 Å². The van der Waals surface area contributed by atoms with Gasteiger partial charge in [-0.1, -0.05) is 6.92 Å². The molecule has 5 nitrogen and oxygen atoms in total. The van der Waals surface area contributed by atoms with Crippen LogP contribution in [0.4, 0.5) is 4.39 Å². The maximum absolute atomic E-state index is 13.5. The fourth-order valence-electron chi connectivity index (χ4n) is 1.55. The summed E-state index contributed by atoms with van der Waals surface area (Å²) >= 11 is 0. The minimum absolute atomic E-state index is 0.509. The van der Waals surface area contributed by atoms with Gasteiger partial charge in [-0.05, 0) is 6.42 Å². The summed E-state index contributed by atoms with van der Waals surface area (Å²) in [5, 5.41) is 0. The van der Waals surface area contributed by atoms with E-state index in [1.54, 1.807) is 14.8 Å². The van der Waals surface area contributed by atoms with E-state index in [9.17, 15) is 8.96 Å². The van der Waals surface area contributed by atoms with Gasteiger partial charge in [0.15, 0.2) is 0 Å². The molecule has 1 aliphatic rings. The lowest BCUT2D eigenvalue weighted by atomic mass is 9.94. The second-order valence-corrected chi connectivity index (χ2v) is 4.97. The van der Waals surface area contributed by atoms with Crippen LogP contribution in [0.5, 0.6) is 0 Å². The molecule has 1 fully saturated rings.